The maximum absolute atomic E-state index is 12.7. The van der Waals surface area contributed by atoms with Crippen LogP contribution in [0.2, 0.25) is 5.02 Å². The van der Waals surface area contributed by atoms with Crippen LogP contribution in [-0.4, -0.2) is 32.8 Å². The Labute approximate surface area is 189 Å². The van der Waals surface area contributed by atoms with Crippen molar-refractivity contribution in [1.82, 2.24) is 5.32 Å². The van der Waals surface area contributed by atoms with E-state index in [0.29, 0.717) is 41.7 Å². The molecule has 1 N–H and O–H groups in total. The maximum atomic E-state index is 12.7. The maximum Gasteiger partial charge on any atom is 0.253 e. The van der Waals surface area contributed by atoms with Gasteiger partial charge in [0.05, 0.1) is 7.11 Å². The van der Waals surface area contributed by atoms with Gasteiger partial charge in [-0.15, -0.1) is 12.3 Å². The third kappa shape index (κ3) is 7.90. The summed E-state index contributed by atoms with van der Waals surface area (Å²) >= 11 is 5.93. The number of methoxy groups -OCH3 is 1. The van der Waals surface area contributed by atoms with Crippen molar-refractivity contribution in [3.05, 3.63) is 58.6 Å². The van der Waals surface area contributed by atoms with E-state index >= 15 is 0 Å². The van der Waals surface area contributed by atoms with Crippen LogP contribution in [0.1, 0.15) is 30.6 Å². The van der Waals surface area contributed by atoms with Gasteiger partial charge in [-0.3, -0.25) is 4.79 Å². The number of rotatable bonds is 10. The minimum Gasteiger partial charge on any atom is -0.493 e. The molecule has 0 heterocycles. The number of hydrogen-bond donors (Lipinski definition) is 1. The van der Waals surface area contributed by atoms with E-state index in [9.17, 15) is 4.79 Å². The van der Waals surface area contributed by atoms with Crippen molar-refractivity contribution in [2.45, 2.75) is 25.9 Å². The zero-order valence-corrected chi connectivity index (χ0v) is 18.5. The minimum atomic E-state index is -0.803. The van der Waals surface area contributed by atoms with E-state index in [1.54, 1.807) is 31.4 Å². The highest BCUT2D eigenvalue weighted by atomic mass is 35.5. The second-order valence-corrected chi connectivity index (χ2v) is 6.91. The number of carbonyl (C=O) groups is 1. The van der Waals surface area contributed by atoms with Gasteiger partial charge in [-0.25, -0.2) is 0 Å². The molecule has 2 aromatic rings. The molecule has 1 amide bonds. The molecule has 0 fully saturated rings. The summed E-state index contributed by atoms with van der Waals surface area (Å²) in [5.41, 5.74) is 1.68. The smallest absolute Gasteiger partial charge is 0.253 e. The average molecular weight is 440 g/mol. The first kappa shape index (κ1) is 24.2. The summed E-state index contributed by atoms with van der Waals surface area (Å²) in [6, 6.07) is 12.6. The Morgan fingerprint density at radius 2 is 1.90 bits per heavy atom. The van der Waals surface area contributed by atoms with E-state index in [1.807, 2.05) is 25.1 Å². The van der Waals surface area contributed by atoms with Crippen molar-refractivity contribution in [1.29, 1.82) is 0 Å². The summed E-state index contributed by atoms with van der Waals surface area (Å²) in [5.74, 6) is 9.27. The third-order valence-corrected chi connectivity index (χ3v) is 4.54. The van der Waals surface area contributed by atoms with Crippen molar-refractivity contribution in [3.63, 3.8) is 0 Å². The molecular weight excluding hydrogens is 414 g/mol. The monoisotopic (exact) mass is 439 g/mol. The van der Waals surface area contributed by atoms with E-state index in [4.69, 9.17) is 32.2 Å². The fourth-order valence-corrected chi connectivity index (χ4v) is 2.92. The first-order valence-electron chi connectivity index (χ1n) is 9.92. The van der Waals surface area contributed by atoms with E-state index in [-0.39, 0.29) is 12.5 Å². The van der Waals surface area contributed by atoms with Gasteiger partial charge < -0.3 is 19.5 Å². The molecule has 0 saturated heterocycles. The van der Waals surface area contributed by atoms with Crippen LogP contribution < -0.4 is 14.8 Å². The van der Waals surface area contributed by atoms with Gasteiger partial charge in [0.1, 0.15) is 13.2 Å². The van der Waals surface area contributed by atoms with E-state index < -0.39 is 6.10 Å². The Balaban J connectivity index is 1.96. The Kier molecular flexibility index (Phi) is 10.3. The largest absolute Gasteiger partial charge is 0.493 e. The number of terminal acetylenes is 1. The molecular formula is C25H26ClNO4. The summed E-state index contributed by atoms with van der Waals surface area (Å²) < 4.78 is 16.6. The fraction of sp³-hybridized carbons (Fsp3) is 0.320. The number of hydrogen-bond acceptors (Lipinski definition) is 4. The van der Waals surface area contributed by atoms with Gasteiger partial charge in [0.25, 0.3) is 5.91 Å². The third-order valence-electron chi connectivity index (χ3n) is 4.29. The molecule has 162 valence electrons. The number of ether oxygens (including phenoxy) is 3. The van der Waals surface area contributed by atoms with Gasteiger partial charge in [0.15, 0.2) is 17.6 Å². The summed E-state index contributed by atoms with van der Waals surface area (Å²) in [4.78, 5) is 12.7. The highest BCUT2D eigenvalue weighted by Crippen LogP contribution is 2.28. The number of carbonyl (C=O) groups excluding carboxylic acids is 1. The number of halogens is 1. The molecule has 6 heteroatoms. The second-order valence-electron chi connectivity index (χ2n) is 6.47. The Hall–Kier alpha value is -3.12. The molecule has 2 aromatic carbocycles. The Morgan fingerprint density at radius 1 is 1.13 bits per heavy atom. The van der Waals surface area contributed by atoms with Crippen LogP contribution in [0.15, 0.2) is 42.5 Å². The highest BCUT2D eigenvalue weighted by Gasteiger charge is 2.21. The minimum absolute atomic E-state index is 0.0298. The number of nitrogens with one attached hydrogen (secondary N) is 1. The Bertz CT molecular complexity index is 954. The summed E-state index contributed by atoms with van der Waals surface area (Å²) in [7, 11) is 1.59. The van der Waals surface area contributed by atoms with Gasteiger partial charge in [-0.05, 0) is 41.8 Å². The molecule has 5 nitrogen and oxygen atoms in total. The second kappa shape index (κ2) is 13.2. The van der Waals surface area contributed by atoms with Crippen LogP contribution in [-0.2, 0) is 16.0 Å². The van der Waals surface area contributed by atoms with Gasteiger partial charge in [0, 0.05) is 18.0 Å². The SMILES string of the molecule is C#CCOC(C(=O)NCCc1ccc(OCC#CCC)c(OC)c1)c1ccc(Cl)cc1. The molecule has 1 unspecified atom stereocenters. The number of amides is 1. The van der Waals surface area contributed by atoms with Crippen molar-refractivity contribution in [2.24, 2.45) is 0 Å². The van der Waals surface area contributed by atoms with Crippen molar-refractivity contribution < 1.29 is 19.0 Å². The van der Waals surface area contributed by atoms with Gasteiger partial charge >= 0.3 is 0 Å². The lowest BCUT2D eigenvalue weighted by Crippen LogP contribution is -2.32. The number of benzene rings is 2. The molecule has 0 bridgehead atoms. The van der Waals surface area contributed by atoms with E-state index in [0.717, 1.165) is 12.0 Å². The molecule has 0 saturated carbocycles. The lowest BCUT2D eigenvalue weighted by molar-refractivity contribution is -0.132. The molecule has 0 aliphatic heterocycles. The Morgan fingerprint density at radius 3 is 2.58 bits per heavy atom. The van der Waals surface area contributed by atoms with Crippen molar-refractivity contribution >= 4 is 17.5 Å². The van der Waals surface area contributed by atoms with Crippen LogP contribution in [0.4, 0.5) is 0 Å². The molecule has 0 aromatic heterocycles. The quantitative estimate of drug-likeness (QED) is 0.564. The predicted octanol–water partition coefficient (Wildman–Crippen LogP) is 4.19. The van der Waals surface area contributed by atoms with Gasteiger partial charge in [-0.1, -0.05) is 48.6 Å². The molecule has 1 atom stereocenters. The molecule has 0 spiro atoms. The van der Waals surface area contributed by atoms with E-state index in [2.05, 4.69) is 23.1 Å². The summed E-state index contributed by atoms with van der Waals surface area (Å²) in [6.45, 7) is 2.75. The molecule has 2 rings (SSSR count). The summed E-state index contributed by atoms with van der Waals surface area (Å²) in [5, 5.41) is 3.48. The predicted molar refractivity (Wildman–Crippen MR) is 122 cm³/mol. The highest BCUT2D eigenvalue weighted by molar-refractivity contribution is 6.30. The van der Waals surface area contributed by atoms with Crippen LogP contribution in [0.5, 0.6) is 11.5 Å². The van der Waals surface area contributed by atoms with Gasteiger partial charge in [-0.2, -0.15) is 0 Å². The average Bonchev–Trinajstić information content (AvgIpc) is 2.78. The first-order valence-corrected chi connectivity index (χ1v) is 10.3. The van der Waals surface area contributed by atoms with Crippen molar-refractivity contribution in [3.8, 4) is 35.7 Å². The lowest BCUT2D eigenvalue weighted by atomic mass is 10.1. The van der Waals surface area contributed by atoms with Crippen LogP contribution in [0.3, 0.4) is 0 Å². The zero-order valence-electron chi connectivity index (χ0n) is 17.7. The first-order chi connectivity index (χ1) is 15.1. The van der Waals surface area contributed by atoms with Crippen LogP contribution >= 0.6 is 11.6 Å². The van der Waals surface area contributed by atoms with E-state index in [1.165, 1.54) is 0 Å². The van der Waals surface area contributed by atoms with Crippen molar-refractivity contribution in [2.75, 3.05) is 26.9 Å². The standard InChI is InChI=1S/C25H26ClNO4/c1-4-6-7-17-30-22-13-8-19(18-23(22)29-3)14-15-27-25(28)24(31-16-5-2)20-9-11-21(26)12-10-20/h2,8-13,18,24H,4,14-17H2,1,3H3,(H,27,28). The zero-order chi connectivity index (χ0) is 22.5. The van der Waals surface area contributed by atoms with Gasteiger partial charge in [0.2, 0.25) is 0 Å². The molecule has 0 aliphatic carbocycles. The topological polar surface area (TPSA) is 56.8 Å². The van der Waals surface area contributed by atoms with Crippen LogP contribution in [0.25, 0.3) is 0 Å². The fourth-order valence-electron chi connectivity index (χ4n) is 2.79. The molecule has 31 heavy (non-hydrogen) atoms. The molecule has 0 aliphatic rings. The summed E-state index contributed by atoms with van der Waals surface area (Å²) in [6.07, 6.45) is 5.88. The van der Waals surface area contributed by atoms with Crippen LogP contribution in [0, 0.1) is 24.2 Å². The molecule has 0 radical (unpaired) electrons. The normalized spacial score (nSPS) is 10.9. The lowest BCUT2D eigenvalue weighted by Gasteiger charge is -2.17.